The first-order valence-electron chi connectivity index (χ1n) is 10.1. The molecule has 0 radical (unpaired) electrons. The molecule has 4 nitrogen and oxygen atoms in total. The Morgan fingerprint density at radius 2 is 1.50 bits per heavy atom. The van der Waals surface area contributed by atoms with Crippen molar-refractivity contribution in [2.45, 2.75) is 77.2 Å². The number of aryl methyl sites for hydroxylation is 2. The second-order valence-corrected chi connectivity index (χ2v) is 10.1. The highest BCUT2D eigenvalue weighted by Crippen LogP contribution is 2.29. The Labute approximate surface area is 159 Å². The van der Waals surface area contributed by atoms with E-state index in [-0.39, 0.29) is 0 Å². The molecular weight excluding hydrogens is 344 g/mol. The van der Waals surface area contributed by atoms with Crippen molar-refractivity contribution >= 4 is 10.0 Å². The monoisotopic (exact) mass is 378 g/mol. The van der Waals surface area contributed by atoms with Gasteiger partial charge in [-0.15, -0.1) is 0 Å². The first kappa shape index (κ1) is 19.8. The highest BCUT2D eigenvalue weighted by molar-refractivity contribution is 7.89. The summed E-state index contributed by atoms with van der Waals surface area (Å²) < 4.78 is 28.9. The third-order valence-corrected chi connectivity index (χ3v) is 8.31. The molecule has 5 heteroatoms. The van der Waals surface area contributed by atoms with Crippen LogP contribution in [-0.4, -0.2) is 39.0 Å². The lowest BCUT2D eigenvalue weighted by atomic mass is 9.96. The minimum absolute atomic E-state index is 0.453. The fourth-order valence-electron chi connectivity index (χ4n) is 4.68. The quantitative estimate of drug-likeness (QED) is 0.846. The molecule has 1 aliphatic heterocycles. The van der Waals surface area contributed by atoms with E-state index in [0.29, 0.717) is 17.4 Å². The number of piperidine rings is 1. The molecule has 0 spiro atoms. The van der Waals surface area contributed by atoms with Crippen LogP contribution in [0.5, 0.6) is 0 Å². The van der Waals surface area contributed by atoms with Crippen molar-refractivity contribution in [3.05, 3.63) is 28.3 Å². The molecule has 1 saturated carbocycles. The van der Waals surface area contributed by atoms with Crippen LogP contribution in [0.2, 0.25) is 0 Å². The summed E-state index contributed by atoms with van der Waals surface area (Å²) >= 11 is 0. The van der Waals surface area contributed by atoms with E-state index >= 15 is 0 Å². The minimum Gasteiger partial charge on any atom is -0.300 e. The standard InChI is InChI=1S/C21H34N2O2S/c1-15-13-16(2)18(4)21(17(15)3)26(24,25)22-14-19-9-11-23(12-10-19)20-7-5-6-8-20/h13,19-20,22H,5-12,14H2,1-4H3. The lowest BCUT2D eigenvalue weighted by Crippen LogP contribution is -2.42. The van der Waals surface area contributed by atoms with Gasteiger partial charge in [0.05, 0.1) is 4.90 Å². The molecule has 0 atom stereocenters. The zero-order valence-corrected chi connectivity index (χ0v) is 17.6. The van der Waals surface area contributed by atoms with E-state index < -0.39 is 10.0 Å². The predicted molar refractivity (Wildman–Crippen MR) is 107 cm³/mol. The normalized spacial score (nSPS) is 20.8. The molecule has 1 N–H and O–H groups in total. The van der Waals surface area contributed by atoms with Crippen molar-refractivity contribution in [3.63, 3.8) is 0 Å². The third-order valence-electron chi connectivity index (χ3n) is 6.62. The summed E-state index contributed by atoms with van der Waals surface area (Å²) in [5.74, 6) is 0.453. The van der Waals surface area contributed by atoms with Gasteiger partial charge in [-0.1, -0.05) is 18.9 Å². The summed E-state index contributed by atoms with van der Waals surface area (Å²) in [6.45, 7) is 10.6. The van der Waals surface area contributed by atoms with Gasteiger partial charge in [0.1, 0.15) is 0 Å². The van der Waals surface area contributed by atoms with Gasteiger partial charge in [0.25, 0.3) is 0 Å². The molecule has 2 aliphatic rings. The minimum atomic E-state index is -3.46. The highest BCUT2D eigenvalue weighted by Gasteiger charge is 2.28. The van der Waals surface area contributed by atoms with Crippen LogP contribution in [0.4, 0.5) is 0 Å². The van der Waals surface area contributed by atoms with Gasteiger partial charge in [0, 0.05) is 12.6 Å². The van der Waals surface area contributed by atoms with Crippen LogP contribution in [0.25, 0.3) is 0 Å². The third kappa shape index (κ3) is 4.15. The first-order chi connectivity index (χ1) is 12.3. The summed E-state index contributed by atoms with van der Waals surface area (Å²) in [7, 11) is -3.46. The van der Waals surface area contributed by atoms with E-state index in [0.717, 1.165) is 54.2 Å². The van der Waals surface area contributed by atoms with Gasteiger partial charge in [0.15, 0.2) is 0 Å². The Hall–Kier alpha value is -0.910. The van der Waals surface area contributed by atoms with Crippen LogP contribution in [0.1, 0.15) is 60.8 Å². The topological polar surface area (TPSA) is 49.4 Å². The molecular formula is C21H34N2O2S. The van der Waals surface area contributed by atoms with Gasteiger partial charge < -0.3 is 4.90 Å². The average Bonchev–Trinajstić information content (AvgIpc) is 3.13. The largest absolute Gasteiger partial charge is 0.300 e. The zero-order valence-electron chi connectivity index (χ0n) is 16.8. The first-order valence-corrected chi connectivity index (χ1v) is 11.6. The molecule has 1 aromatic rings. The predicted octanol–water partition coefficient (Wildman–Crippen LogP) is 3.85. The fourth-order valence-corrected chi connectivity index (χ4v) is 6.40. The molecule has 1 heterocycles. The number of sulfonamides is 1. The molecule has 0 unspecified atom stereocenters. The highest BCUT2D eigenvalue weighted by atomic mass is 32.2. The van der Waals surface area contributed by atoms with E-state index in [4.69, 9.17) is 0 Å². The SMILES string of the molecule is Cc1cc(C)c(C)c(S(=O)(=O)NCC2CCN(C3CCCC3)CC2)c1C. The molecule has 146 valence electrons. The number of benzene rings is 1. The number of hydrogen-bond acceptors (Lipinski definition) is 3. The van der Waals surface area contributed by atoms with Gasteiger partial charge in [0.2, 0.25) is 10.0 Å². The summed E-state index contributed by atoms with van der Waals surface area (Å²) in [6, 6.07) is 2.86. The maximum Gasteiger partial charge on any atom is 0.241 e. The van der Waals surface area contributed by atoms with Crippen LogP contribution in [-0.2, 0) is 10.0 Å². The molecule has 0 bridgehead atoms. The molecule has 2 fully saturated rings. The summed E-state index contributed by atoms with van der Waals surface area (Å²) in [4.78, 5) is 3.12. The van der Waals surface area contributed by atoms with E-state index in [1.54, 1.807) is 0 Å². The number of rotatable bonds is 5. The second kappa shape index (κ2) is 7.99. The summed E-state index contributed by atoms with van der Waals surface area (Å²) in [6.07, 6.45) is 7.65. The smallest absolute Gasteiger partial charge is 0.241 e. The number of nitrogens with one attached hydrogen (secondary N) is 1. The van der Waals surface area contributed by atoms with Crippen LogP contribution < -0.4 is 4.72 Å². The Balaban J connectivity index is 1.61. The Morgan fingerprint density at radius 3 is 2.04 bits per heavy atom. The van der Waals surface area contributed by atoms with Gasteiger partial charge in [-0.2, -0.15) is 0 Å². The van der Waals surface area contributed by atoms with Crippen LogP contribution in [0.15, 0.2) is 11.0 Å². The maximum atomic E-state index is 13.0. The van der Waals surface area contributed by atoms with Crippen molar-refractivity contribution in [3.8, 4) is 0 Å². The Kier molecular flexibility index (Phi) is 6.10. The van der Waals surface area contributed by atoms with E-state index in [1.165, 1.54) is 25.7 Å². The average molecular weight is 379 g/mol. The van der Waals surface area contributed by atoms with Crippen LogP contribution in [0, 0.1) is 33.6 Å². The summed E-state index contributed by atoms with van der Waals surface area (Å²) in [5, 5.41) is 0. The molecule has 0 amide bonds. The molecule has 0 aromatic heterocycles. The van der Waals surface area contributed by atoms with E-state index in [2.05, 4.69) is 15.7 Å². The Bertz CT molecular complexity index is 718. The van der Waals surface area contributed by atoms with E-state index in [1.807, 2.05) is 27.7 Å². The molecule has 1 aliphatic carbocycles. The fraction of sp³-hybridized carbons (Fsp3) is 0.714. The van der Waals surface area contributed by atoms with Crippen LogP contribution >= 0.6 is 0 Å². The zero-order chi connectivity index (χ0) is 18.9. The Morgan fingerprint density at radius 1 is 0.962 bits per heavy atom. The lowest BCUT2D eigenvalue weighted by Gasteiger charge is -2.36. The summed E-state index contributed by atoms with van der Waals surface area (Å²) in [5.41, 5.74) is 3.82. The molecule has 3 rings (SSSR count). The number of likely N-dealkylation sites (tertiary alicyclic amines) is 1. The van der Waals surface area contributed by atoms with Crippen molar-refractivity contribution in [1.82, 2.24) is 9.62 Å². The number of hydrogen-bond donors (Lipinski definition) is 1. The van der Waals surface area contributed by atoms with Gasteiger partial charge in [-0.05, 0) is 94.6 Å². The van der Waals surface area contributed by atoms with Gasteiger partial charge in [-0.25, -0.2) is 13.1 Å². The van der Waals surface area contributed by atoms with Crippen molar-refractivity contribution in [2.24, 2.45) is 5.92 Å². The van der Waals surface area contributed by atoms with Gasteiger partial charge in [-0.3, -0.25) is 0 Å². The number of nitrogens with zero attached hydrogens (tertiary/aromatic N) is 1. The van der Waals surface area contributed by atoms with Gasteiger partial charge >= 0.3 is 0 Å². The van der Waals surface area contributed by atoms with Crippen molar-refractivity contribution in [1.29, 1.82) is 0 Å². The maximum absolute atomic E-state index is 13.0. The van der Waals surface area contributed by atoms with Crippen LogP contribution in [0.3, 0.4) is 0 Å². The molecule has 1 saturated heterocycles. The molecule has 26 heavy (non-hydrogen) atoms. The lowest BCUT2D eigenvalue weighted by molar-refractivity contribution is 0.135. The second-order valence-electron chi connectivity index (χ2n) is 8.36. The van der Waals surface area contributed by atoms with Crippen molar-refractivity contribution < 1.29 is 8.42 Å². The molecule has 1 aromatic carbocycles. The van der Waals surface area contributed by atoms with E-state index in [9.17, 15) is 8.42 Å². The van der Waals surface area contributed by atoms with Crippen molar-refractivity contribution in [2.75, 3.05) is 19.6 Å².